The number of carbonyl (C=O) groups excluding carboxylic acids is 1. The van der Waals surface area contributed by atoms with Gasteiger partial charge in [-0.25, -0.2) is 5.43 Å². The molecule has 2 aromatic carbocycles. The molecule has 4 aromatic rings. The molecule has 0 saturated carbocycles. The summed E-state index contributed by atoms with van der Waals surface area (Å²) in [7, 11) is 0. The minimum absolute atomic E-state index is 0.152. The topological polar surface area (TPSA) is 85.3 Å². The van der Waals surface area contributed by atoms with Gasteiger partial charge in [-0.05, 0) is 36.4 Å². The first-order valence-corrected chi connectivity index (χ1v) is 10.5. The lowest BCUT2D eigenvalue weighted by molar-refractivity contribution is -0.118. The Bertz CT molecular complexity index is 1170. The van der Waals surface area contributed by atoms with Crippen LogP contribution in [0.15, 0.2) is 99.8 Å². The summed E-state index contributed by atoms with van der Waals surface area (Å²) in [5.74, 6) is 1.34. The van der Waals surface area contributed by atoms with Gasteiger partial charge in [-0.3, -0.25) is 9.36 Å². The van der Waals surface area contributed by atoms with E-state index >= 15 is 0 Å². The average molecular weight is 430 g/mol. The molecule has 0 aliphatic heterocycles. The molecule has 0 bridgehead atoms. The number of aromatic nitrogens is 3. The highest BCUT2D eigenvalue weighted by molar-refractivity contribution is 7.99. The van der Waals surface area contributed by atoms with Crippen molar-refractivity contribution in [1.82, 2.24) is 20.2 Å². The third-order valence-electron chi connectivity index (χ3n) is 4.17. The fourth-order valence-corrected chi connectivity index (χ4v) is 3.53. The largest absolute Gasteiger partial charge is 0.465 e. The van der Waals surface area contributed by atoms with Gasteiger partial charge in [0.1, 0.15) is 5.76 Å². The molecule has 31 heavy (non-hydrogen) atoms. The van der Waals surface area contributed by atoms with E-state index < -0.39 is 0 Å². The van der Waals surface area contributed by atoms with Gasteiger partial charge in [0.2, 0.25) is 0 Å². The maximum atomic E-state index is 12.2. The van der Waals surface area contributed by atoms with Crippen LogP contribution in [-0.2, 0) is 4.79 Å². The predicted molar refractivity (Wildman–Crippen MR) is 122 cm³/mol. The second-order valence-electron chi connectivity index (χ2n) is 6.32. The van der Waals surface area contributed by atoms with Crippen molar-refractivity contribution < 1.29 is 9.21 Å². The Labute approximate surface area is 183 Å². The Morgan fingerprint density at radius 3 is 2.55 bits per heavy atom. The Morgan fingerprint density at radius 2 is 1.81 bits per heavy atom. The monoisotopic (exact) mass is 429 g/mol. The molecule has 8 heteroatoms. The third kappa shape index (κ3) is 5.37. The number of benzene rings is 2. The normalized spacial score (nSPS) is 11.4. The lowest BCUT2D eigenvalue weighted by Gasteiger charge is -2.10. The second-order valence-corrected chi connectivity index (χ2v) is 7.26. The standard InChI is InChI=1S/C23H19N5O2S/c29-21(25-24-15-7-13-20-14-8-16-30-20)17-31-23-27-26-22(18-9-3-1-4-10-18)28(23)19-11-5-2-6-12-19/h1-16H,17H2,(H,25,29). The number of para-hydroxylation sites is 1. The molecule has 154 valence electrons. The maximum Gasteiger partial charge on any atom is 0.250 e. The van der Waals surface area contributed by atoms with Gasteiger partial charge in [0.15, 0.2) is 11.0 Å². The van der Waals surface area contributed by atoms with Crippen LogP contribution in [0.2, 0.25) is 0 Å². The van der Waals surface area contributed by atoms with Gasteiger partial charge in [0.05, 0.1) is 12.0 Å². The summed E-state index contributed by atoms with van der Waals surface area (Å²) >= 11 is 1.30. The van der Waals surface area contributed by atoms with Gasteiger partial charge in [-0.2, -0.15) is 5.10 Å². The van der Waals surface area contributed by atoms with E-state index in [0.29, 0.717) is 10.9 Å². The number of rotatable bonds is 8. The molecule has 0 aliphatic carbocycles. The highest BCUT2D eigenvalue weighted by Crippen LogP contribution is 2.27. The molecular weight excluding hydrogens is 410 g/mol. The molecule has 0 radical (unpaired) electrons. The molecule has 2 heterocycles. The van der Waals surface area contributed by atoms with Crippen LogP contribution in [-0.4, -0.2) is 32.6 Å². The predicted octanol–water partition coefficient (Wildman–Crippen LogP) is 4.43. The van der Waals surface area contributed by atoms with Crippen molar-refractivity contribution >= 4 is 30.0 Å². The minimum atomic E-state index is -0.239. The van der Waals surface area contributed by atoms with Crippen LogP contribution in [0, 0.1) is 0 Å². The van der Waals surface area contributed by atoms with Crippen molar-refractivity contribution in [3.05, 3.63) is 90.9 Å². The highest BCUT2D eigenvalue weighted by atomic mass is 32.2. The van der Waals surface area contributed by atoms with Crippen LogP contribution in [0.3, 0.4) is 0 Å². The van der Waals surface area contributed by atoms with Crippen molar-refractivity contribution in [3.8, 4) is 17.1 Å². The van der Waals surface area contributed by atoms with E-state index in [4.69, 9.17) is 4.42 Å². The van der Waals surface area contributed by atoms with Gasteiger partial charge in [0, 0.05) is 17.5 Å². The molecular formula is C23H19N5O2S. The summed E-state index contributed by atoms with van der Waals surface area (Å²) in [5.41, 5.74) is 4.37. The summed E-state index contributed by atoms with van der Waals surface area (Å²) in [4.78, 5) is 12.2. The molecule has 1 N–H and O–H groups in total. The summed E-state index contributed by atoms with van der Waals surface area (Å²) in [6.07, 6.45) is 6.51. The molecule has 7 nitrogen and oxygen atoms in total. The van der Waals surface area contributed by atoms with Crippen LogP contribution in [0.4, 0.5) is 0 Å². The molecule has 2 aromatic heterocycles. The van der Waals surface area contributed by atoms with Gasteiger partial charge in [-0.15, -0.1) is 10.2 Å². The van der Waals surface area contributed by atoms with E-state index in [1.165, 1.54) is 18.0 Å². The zero-order valence-corrected chi connectivity index (χ0v) is 17.3. The van der Waals surface area contributed by atoms with Crippen molar-refractivity contribution in [2.24, 2.45) is 5.10 Å². The Hall–Kier alpha value is -3.91. The molecule has 0 spiro atoms. The number of hydrazone groups is 1. The maximum absolute atomic E-state index is 12.2. The number of thioether (sulfide) groups is 1. The minimum Gasteiger partial charge on any atom is -0.465 e. The summed E-state index contributed by atoms with van der Waals surface area (Å²) in [5, 5.41) is 13.2. The number of allylic oxidation sites excluding steroid dienone is 1. The van der Waals surface area contributed by atoms with Gasteiger partial charge in [-0.1, -0.05) is 60.3 Å². The third-order valence-corrected chi connectivity index (χ3v) is 5.09. The SMILES string of the molecule is O=C(CSc1nnc(-c2ccccc2)n1-c1ccccc1)NN=CC=Cc1ccco1. The Morgan fingerprint density at radius 1 is 1.03 bits per heavy atom. The second kappa shape index (κ2) is 10.2. The zero-order chi connectivity index (χ0) is 21.3. The number of amides is 1. The van der Waals surface area contributed by atoms with Crippen molar-refractivity contribution in [1.29, 1.82) is 0 Å². The van der Waals surface area contributed by atoms with E-state index in [0.717, 1.165) is 17.1 Å². The summed E-state index contributed by atoms with van der Waals surface area (Å²) < 4.78 is 7.12. The molecule has 0 aliphatic rings. The highest BCUT2D eigenvalue weighted by Gasteiger charge is 2.16. The van der Waals surface area contributed by atoms with Crippen LogP contribution >= 0.6 is 11.8 Å². The molecule has 0 unspecified atom stereocenters. The summed E-state index contributed by atoms with van der Waals surface area (Å²) in [6, 6.07) is 23.3. The smallest absolute Gasteiger partial charge is 0.250 e. The van der Waals surface area contributed by atoms with Crippen LogP contribution in [0.25, 0.3) is 23.2 Å². The number of nitrogens with one attached hydrogen (secondary N) is 1. The average Bonchev–Trinajstić information content (AvgIpc) is 3.48. The number of furan rings is 1. The number of hydrogen-bond acceptors (Lipinski definition) is 6. The van der Waals surface area contributed by atoms with Crippen molar-refractivity contribution in [2.75, 3.05) is 5.75 Å². The van der Waals surface area contributed by atoms with Crippen molar-refractivity contribution in [2.45, 2.75) is 5.16 Å². The quantitative estimate of drug-likeness (QED) is 0.254. The van der Waals surface area contributed by atoms with E-state index in [1.54, 1.807) is 24.5 Å². The van der Waals surface area contributed by atoms with Crippen LogP contribution < -0.4 is 5.43 Å². The molecule has 0 fully saturated rings. The molecule has 0 atom stereocenters. The van der Waals surface area contributed by atoms with Gasteiger partial charge < -0.3 is 4.42 Å². The lowest BCUT2D eigenvalue weighted by atomic mass is 10.2. The fourth-order valence-electron chi connectivity index (χ4n) is 2.79. The van der Waals surface area contributed by atoms with Crippen LogP contribution in [0.5, 0.6) is 0 Å². The Kier molecular flexibility index (Phi) is 6.71. The van der Waals surface area contributed by atoms with E-state index in [2.05, 4.69) is 20.7 Å². The molecule has 4 rings (SSSR count). The van der Waals surface area contributed by atoms with Gasteiger partial charge >= 0.3 is 0 Å². The van der Waals surface area contributed by atoms with Crippen molar-refractivity contribution in [3.63, 3.8) is 0 Å². The molecule has 0 saturated heterocycles. The summed E-state index contributed by atoms with van der Waals surface area (Å²) in [6.45, 7) is 0. The Balaban J connectivity index is 1.43. The zero-order valence-electron chi connectivity index (χ0n) is 16.5. The number of carbonyl (C=O) groups is 1. The number of hydrogen-bond donors (Lipinski definition) is 1. The van der Waals surface area contributed by atoms with E-state index in [9.17, 15) is 4.79 Å². The van der Waals surface area contributed by atoms with Crippen LogP contribution in [0.1, 0.15) is 5.76 Å². The lowest BCUT2D eigenvalue weighted by Crippen LogP contribution is -2.19. The first kappa shape index (κ1) is 20.4. The number of nitrogens with zero attached hydrogens (tertiary/aromatic N) is 4. The van der Waals surface area contributed by atoms with E-state index in [1.807, 2.05) is 71.3 Å². The van der Waals surface area contributed by atoms with Gasteiger partial charge in [0.25, 0.3) is 5.91 Å². The first-order chi connectivity index (χ1) is 15.3. The first-order valence-electron chi connectivity index (χ1n) is 9.52. The molecule has 1 amide bonds. The van der Waals surface area contributed by atoms with E-state index in [-0.39, 0.29) is 11.7 Å². The fraction of sp³-hybridized carbons (Fsp3) is 0.0435.